The van der Waals surface area contributed by atoms with E-state index in [1.165, 1.54) is 0 Å². The molecule has 0 radical (unpaired) electrons. The summed E-state index contributed by atoms with van der Waals surface area (Å²) in [6.45, 7) is 9.37. The van der Waals surface area contributed by atoms with Gasteiger partial charge < -0.3 is 30.5 Å². The molecule has 0 unspecified atom stereocenters. The third-order valence-corrected chi connectivity index (χ3v) is 5.91. The fourth-order valence-corrected chi connectivity index (χ4v) is 4.02. The number of amides is 3. The number of anilines is 3. The maximum Gasteiger partial charge on any atom is 0.323 e. The number of carbonyl (C=O) groups is 2. The Hall–Kier alpha value is -3.26. The number of urea groups is 1. The van der Waals surface area contributed by atoms with Gasteiger partial charge in [-0.3, -0.25) is 4.79 Å². The minimum absolute atomic E-state index is 0.127. The number of ether oxygens (including phenoxy) is 1. The highest BCUT2D eigenvalue weighted by Crippen LogP contribution is 2.28. The SMILES string of the molecule is CCN(CC)CCNC(=O)c1cc(NC(=O)Nc2ccccc2OC)ccc1N1CCCC1. The van der Waals surface area contributed by atoms with Crippen molar-refractivity contribution in [3.05, 3.63) is 48.0 Å². The number of carbonyl (C=O) groups excluding carboxylic acids is 2. The van der Waals surface area contributed by atoms with E-state index in [9.17, 15) is 9.59 Å². The molecule has 1 saturated heterocycles. The number of likely N-dealkylation sites (N-methyl/N-ethyl adjacent to an activating group) is 1. The quantitative estimate of drug-likeness (QED) is 0.506. The van der Waals surface area contributed by atoms with Gasteiger partial charge in [0.2, 0.25) is 0 Å². The van der Waals surface area contributed by atoms with Gasteiger partial charge in [-0.2, -0.15) is 0 Å². The number of rotatable bonds is 10. The molecule has 3 rings (SSSR count). The number of methoxy groups -OCH3 is 1. The Morgan fingerprint density at radius 3 is 2.45 bits per heavy atom. The molecule has 1 fully saturated rings. The molecule has 1 heterocycles. The molecule has 2 aromatic rings. The average molecular weight is 454 g/mol. The molecule has 33 heavy (non-hydrogen) atoms. The van der Waals surface area contributed by atoms with Crippen LogP contribution in [0, 0.1) is 0 Å². The van der Waals surface area contributed by atoms with Gasteiger partial charge >= 0.3 is 6.03 Å². The van der Waals surface area contributed by atoms with Crippen molar-refractivity contribution in [3.8, 4) is 5.75 Å². The van der Waals surface area contributed by atoms with E-state index in [0.717, 1.165) is 51.3 Å². The first kappa shape index (κ1) is 24.4. The fraction of sp³-hybridized carbons (Fsp3) is 0.440. The molecule has 0 bridgehead atoms. The van der Waals surface area contributed by atoms with Gasteiger partial charge in [0.05, 0.1) is 18.4 Å². The summed E-state index contributed by atoms with van der Waals surface area (Å²) in [4.78, 5) is 30.2. The van der Waals surface area contributed by atoms with Crippen LogP contribution in [-0.4, -0.2) is 63.2 Å². The van der Waals surface area contributed by atoms with Crippen LogP contribution in [0.25, 0.3) is 0 Å². The van der Waals surface area contributed by atoms with Crippen molar-refractivity contribution >= 4 is 29.0 Å². The Labute approximate surface area is 196 Å². The van der Waals surface area contributed by atoms with Crippen molar-refractivity contribution < 1.29 is 14.3 Å². The predicted molar refractivity (Wildman–Crippen MR) is 134 cm³/mol. The van der Waals surface area contributed by atoms with Crippen molar-refractivity contribution in [1.82, 2.24) is 10.2 Å². The van der Waals surface area contributed by atoms with Crippen LogP contribution in [-0.2, 0) is 0 Å². The molecule has 0 spiro atoms. The lowest BCUT2D eigenvalue weighted by molar-refractivity contribution is 0.0949. The highest BCUT2D eigenvalue weighted by molar-refractivity contribution is 6.04. The van der Waals surface area contributed by atoms with Gasteiger partial charge in [0, 0.05) is 37.6 Å². The number of hydrogen-bond donors (Lipinski definition) is 3. The lowest BCUT2D eigenvalue weighted by Crippen LogP contribution is -2.35. The molecule has 1 aliphatic rings. The fourth-order valence-electron chi connectivity index (χ4n) is 4.02. The summed E-state index contributed by atoms with van der Waals surface area (Å²) in [5, 5.41) is 8.68. The van der Waals surface area contributed by atoms with E-state index in [0.29, 0.717) is 29.2 Å². The zero-order valence-electron chi connectivity index (χ0n) is 19.8. The lowest BCUT2D eigenvalue weighted by atomic mass is 10.1. The van der Waals surface area contributed by atoms with Crippen molar-refractivity contribution in [2.75, 3.05) is 61.9 Å². The second-order valence-corrected chi connectivity index (χ2v) is 7.99. The van der Waals surface area contributed by atoms with Gasteiger partial charge in [-0.1, -0.05) is 26.0 Å². The molecule has 8 heteroatoms. The molecule has 0 atom stereocenters. The van der Waals surface area contributed by atoms with Crippen LogP contribution in [0.4, 0.5) is 21.9 Å². The summed E-state index contributed by atoms with van der Waals surface area (Å²) in [5.74, 6) is 0.447. The van der Waals surface area contributed by atoms with Crippen molar-refractivity contribution in [2.45, 2.75) is 26.7 Å². The second-order valence-electron chi connectivity index (χ2n) is 7.99. The lowest BCUT2D eigenvalue weighted by Gasteiger charge is -2.23. The molecule has 8 nitrogen and oxygen atoms in total. The number of benzene rings is 2. The number of para-hydroxylation sites is 2. The molecule has 0 aromatic heterocycles. The molecular formula is C25H35N5O3. The van der Waals surface area contributed by atoms with Gasteiger partial charge in [0.15, 0.2) is 0 Å². The Morgan fingerprint density at radius 2 is 1.76 bits per heavy atom. The van der Waals surface area contributed by atoms with E-state index < -0.39 is 6.03 Å². The number of nitrogens with zero attached hydrogens (tertiary/aromatic N) is 2. The minimum atomic E-state index is -0.402. The summed E-state index contributed by atoms with van der Waals surface area (Å²) in [6.07, 6.45) is 2.23. The van der Waals surface area contributed by atoms with E-state index in [-0.39, 0.29) is 5.91 Å². The Morgan fingerprint density at radius 1 is 1.03 bits per heavy atom. The molecule has 178 valence electrons. The third kappa shape index (κ3) is 6.61. The maximum atomic E-state index is 13.1. The Bertz CT molecular complexity index is 939. The molecule has 3 N–H and O–H groups in total. The highest BCUT2D eigenvalue weighted by Gasteiger charge is 2.20. The van der Waals surface area contributed by atoms with Gasteiger partial charge in [-0.15, -0.1) is 0 Å². The maximum absolute atomic E-state index is 13.1. The average Bonchev–Trinajstić information content (AvgIpc) is 3.37. The molecule has 0 saturated carbocycles. The van der Waals surface area contributed by atoms with Crippen LogP contribution in [0.15, 0.2) is 42.5 Å². The van der Waals surface area contributed by atoms with Gasteiger partial charge in [0.25, 0.3) is 5.91 Å². The standard InChI is InChI=1S/C25H35N5O3/c1-4-29(5-2)17-14-26-24(31)20-18-19(12-13-22(20)30-15-8-9-16-30)27-25(32)28-21-10-6-7-11-23(21)33-3/h6-7,10-13,18H,4-5,8-9,14-17H2,1-3H3,(H,26,31)(H2,27,28,32). The van der Waals surface area contributed by atoms with Gasteiger partial charge in [-0.25, -0.2) is 4.79 Å². The van der Waals surface area contributed by atoms with E-state index in [1.54, 1.807) is 25.3 Å². The van der Waals surface area contributed by atoms with Gasteiger partial charge in [-0.05, 0) is 56.3 Å². The summed E-state index contributed by atoms with van der Waals surface area (Å²) < 4.78 is 5.29. The van der Waals surface area contributed by atoms with Crippen LogP contribution >= 0.6 is 0 Å². The third-order valence-electron chi connectivity index (χ3n) is 5.91. The monoisotopic (exact) mass is 453 g/mol. The van der Waals surface area contributed by atoms with Crippen LogP contribution in [0.1, 0.15) is 37.0 Å². The first-order valence-corrected chi connectivity index (χ1v) is 11.7. The zero-order chi connectivity index (χ0) is 23.6. The van der Waals surface area contributed by atoms with Gasteiger partial charge in [0.1, 0.15) is 5.75 Å². The summed E-state index contributed by atoms with van der Waals surface area (Å²) >= 11 is 0. The summed E-state index contributed by atoms with van der Waals surface area (Å²) in [6, 6.07) is 12.3. The predicted octanol–water partition coefficient (Wildman–Crippen LogP) is 4.01. The number of nitrogens with one attached hydrogen (secondary N) is 3. The second kappa shape index (κ2) is 12.1. The van der Waals surface area contributed by atoms with E-state index >= 15 is 0 Å². The van der Waals surface area contributed by atoms with Crippen molar-refractivity contribution in [2.24, 2.45) is 0 Å². The first-order valence-electron chi connectivity index (χ1n) is 11.7. The molecule has 2 aromatic carbocycles. The van der Waals surface area contributed by atoms with Crippen molar-refractivity contribution in [1.29, 1.82) is 0 Å². The smallest absolute Gasteiger partial charge is 0.323 e. The molecule has 1 aliphatic heterocycles. The normalized spacial score (nSPS) is 13.2. The van der Waals surface area contributed by atoms with Crippen LogP contribution in [0.2, 0.25) is 0 Å². The summed E-state index contributed by atoms with van der Waals surface area (Å²) in [5.41, 5.74) is 2.61. The molecular weight excluding hydrogens is 418 g/mol. The highest BCUT2D eigenvalue weighted by atomic mass is 16.5. The summed E-state index contributed by atoms with van der Waals surface area (Å²) in [7, 11) is 1.56. The topological polar surface area (TPSA) is 85.9 Å². The van der Waals surface area contributed by atoms with Crippen molar-refractivity contribution in [3.63, 3.8) is 0 Å². The molecule has 0 aliphatic carbocycles. The van der Waals surface area contributed by atoms with E-state index in [1.807, 2.05) is 24.3 Å². The first-order chi connectivity index (χ1) is 16.0. The van der Waals surface area contributed by atoms with E-state index in [4.69, 9.17) is 4.74 Å². The zero-order valence-corrected chi connectivity index (χ0v) is 19.8. The van der Waals surface area contributed by atoms with Crippen LogP contribution in [0.5, 0.6) is 5.75 Å². The minimum Gasteiger partial charge on any atom is -0.495 e. The van der Waals surface area contributed by atoms with E-state index in [2.05, 4.69) is 39.6 Å². The van der Waals surface area contributed by atoms with Crippen LogP contribution < -0.4 is 25.6 Å². The Kier molecular flexibility index (Phi) is 8.95. The number of hydrogen-bond acceptors (Lipinski definition) is 5. The largest absolute Gasteiger partial charge is 0.495 e. The van der Waals surface area contributed by atoms with Crippen LogP contribution in [0.3, 0.4) is 0 Å². The molecule has 3 amide bonds. The Balaban J connectivity index is 1.73.